The van der Waals surface area contributed by atoms with Crippen LogP contribution < -0.4 is 4.74 Å². The summed E-state index contributed by atoms with van der Waals surface area (Å²) >= 11 is 16.9. The molecule has 0 aliphatic rings. The lowest BCUT2D eigenvalue weighted by Gasteiger charge is -2.03. The smallest absolute Gasteiger partial charge is 0.268 e. The molecule has 22 heavy (non-hydrogen) atoms. The van der Waals surface area contributed by atoms with Gasteiger partial charge in [-0.1, -0.05) is 60.3 Å². The van der Waals surface area contributed by atoms with Gasteiger partial charge in [0.2, 0.25) is 5.89 Å². The van der Waals surface area contributed by atoms with Crippen molar-refractivity contribution in [2.75, 3.05) is 0 Å². The predicted octanol–water partition coefficient (Wildman–Crippen LogP) is 5.29. The number of benzene rings is 1. The van der Waals surface area contributed by atoms with Gasteiger partial charge in [0, 0.05) is 6.08 Å². The molecule has 7 heteroatoms. The highest BCUT2D eigenvalue weighted by molar-refractivity contribution is 6.66. The van der Waals surface area contributed by atoms with E-state index in [-0.39, 0.29) is 11.8 Å². The molecular formula is C15H15Cl3N2O2. The van der Waals surface area contributed by atoms with E-state index in [4.69, 9.17) is 44.0 Å². The second-order valence-electron chi connectivity index (χ2n) is 4.61. The Morgan fingerprint density at radius 2 is 1.91 bits per heavy atom. The molecule has 2 aromatic rings. The maximum Gasteiger partial charge on any atom is 0.268 e. The van der Waals surface area contributed by atoms with Crippen molar-refractivity contribution in [2.24, 2.45) is 0 Å². The standard InChI is InChI=1S/C15H15Cl3N2O2/c1-2-3-4-11-5-7-12(8-6-11)21-10-9-13-19-20-14(22-13)15(16,17)18/h5-10H,2-4H2,1H3. The number of hydrogen-bond acceptors (Lipinski definition) is 4. The molecule has 1 aromatic heterocycles. The molecule has 0 bridgehead atoms. The zero-order valence-electron chi connectivity index (χ0n) is 11.9. The zero-order chi connectivity index (χ0) is 16.0. The molecule has 0 spiro atoms. The Morgan fingerprint density at radius 1 is 1.18 bits per heavy atom. The van der Waals surface area contributed by atoms with Crippen molar-refractivity contribution in [3.05, 3.63) is 47.9 Å². The van der Waals surface area contributed by atoms with Crippen molar-refractivity contribution in [3.8, 4) is 5.75 Å². The van der Waals surface area contributed by atoms with Crippen molar-refractivity contribution in [1.82, 2.24) is 10.2 Å². The van der Waals surface area contributed by atoms with E-state index in [1.807, 2.05) is 24.3 Å². The Kier molecular flexibility index (Phi) is 6.12. The first-order valence-electron chi connectivity index (χ1n) is 6.82. The van der Waals surface area contributed by atoms with Crippen molar-refractivity contribution < 1.29 is 9.15 Å². The fraction of sp³-hybridized carbons (Fsp3) is 0.333. The Balaban J connectivity index is 1.90. The highest BCUT2D eigenvalue weighted by Gasteiger charge is 2.29. The summed E-state index contributed by atoms with van der Waals surface area (Å²) in [5.41, 5.74) is 1.29. The molecule has 118 valence electrons. The summed E-state index contributed by atoms with van der Waals surface area (Å²) in [6, 6.07) is 7.92. The molecule has 0 saturated carbocycles. The lowest BCUT2D eigenvalue weighted by Crippen LogP contribution is -1.99. The van der Waals surface area contributed by atoms with Gasteiger partial charge in [0.25, 0.3) is 9.68 Å². The Hall–Kier alpha value is -1.23. The summed E-state index contributed by atoms with van der Waals surface area (Å²) in [5.74, 6) is 0.830. The molecule has 4 nitrogen and oxygen atoms in total. The molecular weight excluding hydrogens is 347 g/mol. The van der Waals surface area contributed by atoms with Crippen LogP contribution in [0.2, 0.25) is 0 Å². The van der Waals surface area contributed by atoms with Crippen molar-refractivity contribution in [2.45, 2.75) is 30.0 Å². The van der Waals surface area contributed by atoms with E-state index < -0.39 is 3.79 Å². The molecule has 0 fully saturated rings. The minimum absolute atomic E-state index is 0.0857. The van der Waals surface area contributed by atoms with Gasteiger partial charge in [0.15, 0.2) is 0 Å². The predicted molar refractivity (Wildman–Crippen MR) is 88.3 cm³/mol. The number of aromatic nitrogens is 2. The van der Waals surface area contributed by atoms with Crippen LogP contribution in [0.3, 0.4) is 0 Å². The molecule has 0 radical (unpaired) electrons. The number of rotatable bonds is 6. The average molecular weight is 362 g/mol. The molecule has 0 aliphatic carbocycles. The Morgan fingerprint density at radius 3 is 2.50 bits per heavy atom. The van der Waals surface area contributed by atoms with Crippen LogP contribution in [0.1, 0.15) is 37.1 Å². The third kappa shape index (κ3) is 5.20. The van der Waals surface area contributed by atoms with E-state index in [1.54, 1.807) is 0 Å². The first-order chi connectivity index (χ1) is 10.5. The third-order valence-corrected chi connectivity index (χ3v) is 3.33. The minimum Gasteiger partial charge on any atom is -0.465 e. The second kappa shape index (κ2) is 7.86. The average Bonchev–Trinajstić information content (AvgIpc) is 2.95. The van der Waals surface area contributed by atoms with Crippen molar-refractivity contribution in [3.63, 3.8) is 0 Å². The highest BCUT2D eigenvalue weighted by atomic mass is 35.6. The molecule has 2 rings (SSSR count). The summed E-state index contributed by atoms with van der Waals surface area (Å²) in [6.07, 6.45) is 6.38. The van der Waals surface area contributed by atoms with Gasteiger partial charge in [-0.2, -0.15) is 0 Å². The van der Waals surface area contributed by atoms with Gasteiger partial charge in [-0.05, 0) is 30.5 Å². The van der Waals surface area contributed by atoms with Crippen LogP contribution in [0.4, 0.5) is 0 Å². The fourth-order valence-electron chi connectivity index (χ4n) is 1.70. The van der Waals surface area contributed by atoms with Gasteiger partial charge in [-0.3, -0.25) is 0 Å². The zero-order valence-corrected chi connectivity index (χ0v) is 14.2. The molecule has 0 atom stereocenters. The number of alkyl halides is 3. The third-order valence-electron chi connectivity index (χ3n) is 2.84. The number of ether oxygens (including phenoxy) is 1. The van der Waals surface area contributed by atoms with Gasteiger partial charge in [0.05, 0.1) is 6.26 Å². The van der Waals surface area contributed by atoms with Gasteiger partial charge in [0.1, 0.15) is 5.75 Å². The maximum absolute atomic E-state index is 5.63. The van der Waals surface area contributed by atoms with Crippen LogP contribution in [-0.4, -0.2) is 10.2 Å². The second-order valence-corrected chi connectivity index (χ2v) is 6.89. The summed E-state index contributed by atoms with van der Waals surface area (Å²) in [5, 5.41) is 7.36. The van der Waals surface area contributed by atoms with Crippen LogP contribution in [0.15, 0.2) is 34.9 Å². The van der Waals surface area contributed by atoms with E-state index in [0.29, 0.717) is 0 Å². The number of unbranched alkanes of at least 4 members (excludes halogenated alkanes) is 1. The number of hydrogen-bond donors (Lipinski definition) is 0. The van der Waals surface area contributed by atoms with Crippen molar-refractivity contribution >= 4 is 40.9 Å². The van der Waals surface area contributed by atoms with Crippen LogP contribution in [-0.2, 0) is 10.2 Å². The fourth-order valence-corrected chi connectivity index (χ4v) is 1.93. The summed E-state index contributed by atoms with van der Waals surface area (Å²) in [7, 11) is 0. The number of halogens is 3. The molecule has 0 amide bonds. The van der Waals surface area contributed by atoms with Crippen LogP contribution in [0, 0.1) is 0 Å². The molecule has 1 aromatic carbocycles. The summed E-state index contributed by atoms with van der Waals surface area (Å²) in [4.78, 5) is 0. The quantitative estimate of drug-likeness (QED) is 0.518. The molecule has 0 saturated heterocycles. The first kappa shape index (κ1) is 17.1. The molecule has 0 unspecified atom stereocenters. The van der Waals surface area contributed by atoms with Crippen LogP contribution >= 0.6 is 34.8 Å². The summed E-state index contributed by atoms with van der Waals surface area (Å²) < 4.78 is 8.89. The number of nitrogens with zero attached hydrogens (tertiary/aromatic N) is 2. The lowest BCUT2D eigenvalue weighted by atomic mass is 10.1. The van der Waals surface area contributed by atoms with Gasteiger partial charge < -0.3 is 9.15 Å². The minimum atomic E-state index is -1.73. The van der Waals surface area contributed by atoms with E-state index in [0.717, 1.165) is 12.2 Å². The van der Waals surface area contributed by atoms with E-state index in [9.17, 15) is 0 Å². The summed E-state index contributed by atoms with van der Waals surface area (Å²) in [6.45, 7) is 2.17. The first-order valence-corrected chi connectivity index (χ1v) is 7.95. The Labute approximate surface area is 144 Å². The van der Waals surface area contributed by atoms with Crippen LogP contribution in [0.5, 0.6) is 5.75 Å². The number of aryl methyl sites for hydroxylation is 1. The SMILES string of the molecule is CCCCc1ccc(OC=Cc2nnc(C(Cl)(Cl)Cl)o2)cc1. The van der Waals surface area contributed by atoms with Gasteiger partial charge in [-0.15, -0.1) is 10.2 Å². The van der Waals surface area contributed by atoms with Gasteiger partial charge in [-0.25, -0.2) is 0 Å². The van der Waals surface area contributed by atoms with E-state index in [1.165, 1.54) is 30.7 Å². The highest BCUT2D eigenvalue weighted by Crippen LogP contribution is 2.37. The lowest BCUT2D eigenvalue weighted by molar-refractivity contribution is 0.473. The molecule has 0 aliphatic heterocycles. The van der Waals surface area contributed by atoms with Crippen molar-refractivity contribution in [1.29, 1.82) is 0 Å². The van der Waals surface area contributed by atoms with Gasteiger partial charge >= 0.3 is 0 Å². The monoisotopic (exact) mass is 360 g/mol. The maximum atomic E-state index is 5.63. The van der Waals surface area contributed by atoms with E-state index in [2.05, 4.69) is 17.1 Å². The normalized spacial score (nSPS) is 12.0. The largest absolute Gasteiger partial charge is 0.465 e. The molecule has 0 N–H and O–H groups in total. The van der Waals surface area contributed by atoms with Crippen LogP contribution in [0.25, 0.3) is 6.08 Å². The van der Waals surface area contributed by atoms with E-state index >= 15 is 0 Å². The Bertz CT molecular complexity index is 618. The topological polar surface area (TPSA) is 48.2 Å². The molecule has 1 heterocycles.